The molecule has 0 saturated heterocycles. The van der Waals surface area contributed by atoms with Crippen LogP contribution < -0.4 is 0 Å². The quantitative estimate of drug-likeness (QED) is 0.166. The van der Waals surface area contributed by atoms with Gasteiger partial charge in [-0.05, 0) is 117 Å². The predicted molar refractivity (Wildman–Crippen MR) is 238 cm³/mol. The summed E-state index contributed by atoms with van der Waals surface area (Å²) in [5, 5.41) is 12.4. The molecule has 11 aromatic rings. The van der Waals surface area contributed by atoms with Crippen molar-refractivity contribution in [1.29, 1.82) is 0 Å². The van der Waals surface area contributed by atoms with Crippen LogP contribution in [0.4, 0.5) is 0 Å². The molecule has 1 aliphatic carbocycles. The lowest BCUT2D eigenvalue weighted by Crippen LogP contribution is -2.14. The van der Waals surface area contributed by atoms with E-state index in [0.717, 1.165) is 16.6 Å². The Kier molecular flexibility index (Phi) is 6.46. The molecule has 1 aliphatic rings. The van der Waals surface area contributed by atoms with Crippen LogP contribution in [0.5, 0.6) is 0 Å². The molecule has 0 atom stereocenters. The zero-order chi connectivity index (χ0) is 37.1. The van der Waals surface area contributed by atoms with Crippen LogP contribution in [0.3, 0.4) is 0 Å². The van der Waals surface area contributed by atoms with Crippen molar-refractivity contribution in [2.45, 2.75) is 19.3 Å². The van der Waals surface area contributed by atoms with Crippen molar-refractivity contribution in [2.75, 3.05) is 0 Å². The molecule has 0 aliphatic heterocycles. The van der Waals surface area contributed by atoms with Gasteiger partial charge in [0.1, 0.15) is 11.2 Å². The maximum Gasteiger partial charge on any atom is 0.136 e. The van der Waals surface area contributed by atoms with Gasteiger partial charge in [0.05, 0.1) is 0 Å². The van der Waals surface area contributed by atoms with E-state index in [4.69, 9.17) is 4.42 Å². The third-order valence-corrected chi connectivity index (χ3v) is 12.7. The number of furan rings is 1. The Bertz CT molecular complexity index is 3370. The van der Waals surface area contributed by atoms with Crippen molar-refractivity contribution < 1.29 is 4.42 Å². The van der Waals surface area contributed by atoms with Gasteiger partial charge in [-0.2, -0.15) is 0 Å². The maximum atomic E-state index is 6.42. The van der Waals surface area contributed by atoms with Crippen LogP contribution in [0, 0.1) is 0 Å². The Balaban J connectivity index is 1.05. The fourth-order valence-electron chi connectivity index (χ4n) is 10.1. The highest BCUT2D eigenvalue weighted by molar-refractivity contribution is 6.24. The number of fused-ring (bicyclic) bond motifs is 12. The van der Waals surface area contributed by atoms with Gasteiger partial charge in [0, 0.05) is 16.2 Å². The monoisotopic (exact) mass is 712 g/mol. The van der Waals surface area contributed by atoms with Crippen molar-refractivity contribution >= 4 is 65.0 Å². The SMILES string of the molecule is CC1(C)c2cccc(-c3ccc(-c4c5ccccc5c(-c5ccc6oc7ccc8ccccc8c7c6c5)c5ccccc45)cc3)c2-c2c1ccc1ccccc21. The van der Waals surface area contributed by atoms with E-state index in [1.54, 1.807) is 0 Å². The molecule has 1 heterocycles. The summed E-state index contributed by atoms with van der Waals surface area (Å²) in [6.07, 6.45) is 0. The molecule has 10 aromatic carbocycles. The topological polar surface area (TPSA) is 13.1 Å². The average Bonchev–Trinajstić information content (AvgIpc) is 3.74. The Morgan fingerprint density at radius 1 is 0.339 bits per heavy atom. The minimum Gasteiger partial charge on any atom is -0.456 e. The van der Waals surface area contributed by atoms with Crippen molar-refractivity contribution in [3.63, 3.8) is 0 Å². The first-order valence-electron chi connectivity index (χ1n) is 19.6. The summed E-state index contributed by atoms with van der Waals surface area (Å²) in [7, 11) is 0. The fourth-order valence-corrected chi connectivity index (χ4v) is 10.1. The van der Waals surface area contributed by atoms with Crippen LogP contribution in [-0.2, 0) is 5.41 Å². The summed E-state index contributed by atoms with van der Waals surface area (Å²) in [6, 6.07) is 67.1. The second-order valence-corrected chi connectivity index (χ2v) is 16.0. The van der Waals surface area contributed by atoms with E-state index in [9.17, 15) is 0 Å². The first-order chi connectivity index (χ1) is 27.5. The zero-order valence-corrected chi connectivity index (χ0v) is 31.2. The highest BCUT2D eigenvalue weighted by Crippen LogP contribution is 2.54. The van der Waals surface area contributed by atoms with E-state index in [-0.39, 0.29) is 5.41 Å². The lowest BCUT2D eigenvalue weighted by Gasteiger charge is -2.21. The standard InChI is InChI=1S/C55H36O/c1-55(2)46-21-11-20-40(53(46)54-39-15-6-4-12-33(39)26-29-47(54)55)35-22-24-36(25-23-35)50-41-16-7-9-18-43(41)51(44-19-10-8-17-42(44)50)37-28-30-48-45(32-37)52-38-14-5-3-13-34(38)27-31-49(52)56-48/h3-32H,1-2H3. The molecule has 0 radical (unpaired) electrons. The largest absolute Gasteiger partial charge is 0.456 e. The highest BCUT2D eigenvalue weighted by atomic mass is 16.3. The van der Waals surface area contributed by atoms with Gasteiger partial charge in [0.25, 0.3) is 0 Å². The lowest BCUT2D eigenvalue weighted by molar-refractivity contribution is 0.661. The van der Waals surface area contributed by atoms with Crippen molar-refractivity contribution in [2.24, 2.45) is 0 Å². The third kappa shape index (κ3) is 4.31. The van der Waals surface area contributed by atoms with E-state index in [1.807, 2.05) is 0 Å². The Labute approximate surface area is 325 Å². The second-order valence-electron chi connectivity index (χ2n) is 16.0. The van der Waals surface area contributed by atoms with Gasteiger partial charge >= 0.3 is 0 Å². The third-order valence-electron chi connectivity index (χ3n) is 12.7. The van der Waals surface area contributed by atoms with E-state index < -0.39 is 0 Å². The molecule has 0 bridgehead atoms. The molecule has 0 N–H and O–H groups in total. The van der Waals surface area contributed by atoms with Crippen LogP contribution in [0.2, 0.25) is 0 Å². The van der Waals surface area contributed by atoms with Crippen LogP contribution in [0.25, 0.3) is 110 Å². The van der Waals surface area contributed by atoms with Gasteiger partial charge in [-0.1, -0.05) is 178 Å². The maximum absolute atomic E-state index is 6.42. The minimum absolute atomic E-state index is 0.0761. The molecule has 56 heavy (non-hydrogen) atoms. The van der Waals surface area contributed by atoms with Gasteiger partial charge in [-0.15, -0.1) is 0 Å². The molecule has 0 fully saturated rings. The van der Waals surface area contributed by atoms with Gasteiger partial charge in [0.15, 0.2) is 0 Å². The van der Waals surface area contributed by atoms with E-state index >= 15 is 0 Å². The van der Waals surface area contributed by atoms with Crippen molar-refractivity contribution in [1.82, 2.24) is 0 Å². The first-order valence-corrected chi connectivity index (χ1v) is 19.6. The lowest BCUT2D eigenvalue weighted by atomic mass is 9.81. The molecule has 0 spiro atoms. The second kappa shape index (κ2) is 11.5. The molecule has 1 nitrogen and oxygen atoms in total. The number of benzene rings is 10. The average molecular weight is 713 g/mol. The van der Waals surface area contributed by atoms with Gasteiger partial charge in [-0.25, -0.2) is 0 Å². The Morgan fingerprint density at radius 2 is 0.857 bits per heavy atom. The van der Waals surface area contributed by atoms with E-state index in [1.165, 1.54) is 104 Å². The summed E-state index contributed by atoms with van der Waals surface area (Å²) in [4.78, 5) is 0. The summed E-state index contributed by atoms with van der Waals surface area (Å²) >= 11 is 0. The van der Waals surface area contributed by atoms with Gasteiger partial charge < -0.3 is 4.42 Å². The summed E-state index contributed by atoms with van der Waals surface area (Å²) < 4.78 is 6.42. The molecular weight excluding hydrogens is 677 g/mol. The number of hydrogen-bond acceptors (Lipinski definition) is 1. The zero-order valence-electron chi connectivity index (χ0n) is 31.2. The molecule has 262 valence electrons. The molecule has 0 amide bonds. The number of rotatable bonds is 3. The molecule has 1 heteroatoms. The first kappa shape index (κ1) is 31.4. The fraction of sp³-hybridized carbons (Fsp3) is 0.0545. The summed E-state index contributed by atoms with van der Waals surface area (Å²) in [5.74, 6) is 0. The summed E-state index contributed by atoms with van der Waals surface area (Å²) in [5.41, 5.74) is 14.8. The van der Waals surface area contributed by atoms with Crippen LogP contribution in [-0.4, -0.2) is 0 Å². The molecule has 0 unspecified atom stereocenters. The van der Waals surface area contributed by atoms with Gasteiger partial charge in [0.2, 0.25) is 0 Å². The predicted octanol–water partition coefficient (Wildman–Crippen LogP) is 15.5. The normalized spacial score (nSPS) is 13.3. The smallest absolute Gasteiger partial charge is 0.136 e. The van der Waals surface area contributed by atoms with Crippen molar-refractivity contribution in [3.05, 3.63) is 193 Å². The molecular formula is C55H36O. The molecule has 0 saturated carbocycles. The number of hydrogen-bond donors (Lipinski definition) is 0. The van der Waals surface area contributed by atoms with Crippen molar-refractivity contribution in [3.8, 4) is 44.5 Å². The van der Waals surface area contributed by atoms with Gasteiger partial charge in [-0.3, -0.25) is 0 Å². The molecule has 1 aromatic heterocycles. The minimum atomic E-state index is -0.0761. The van der Waals surface area contributed by atoms with Crippen LogP contribution in [0.15, 0.2) is 186 Å². The van der Waals surface area contributed by atoms with E-state index in [0.29, 0.717) is 0 Å². The van der Waals surface area contributed by atoms with E-state index in [2.05, 4.69) is 196 Å². The highest BCUT2D eigenvalue weighted by Gasteiger charge is 2.37. The summed E-state index contributed by atoms with van der Waals surface area (Å²) in [6.45, 7) is 4.74. The van der Waals surface area contributed by atoms with Crippen LogP contribution >= 0.6 is 0 Å². The Hall–Kier alpha value is -6.96. The van der Waals surface area contributed by atoms with Crippen LogP contribution in [0.1, 0.15) is 25.0 Å². The Morgan fingerprint density at radius 3 is 1.55 bits per heavy atom. The molecule has 12 rings (SSSR count).